The van der Waals surface area contributed by atoms with Crippen LogP contribution >= 0.6 is 0 Å². The van der Waals surface area contributed by atoms with Crippen LogP contribution in [0.4, 0.5) is 4.39 Å². The van der Waals surface area contributed by atoms with Crippen molar-refractivity contribution in [2.75, 3.05) is 19.7 Å². The fourth-order valence-electron chi connectivity index (χ4n) is 1.54. The lowest BCUT2D eigenvalue weighted by molar-refractivity contribution is 0.0691. The minimum absolute atomic E-state index is 0.112. The minimum atomic E-state index is -3.94. The Morgan fingerprint density at radius 2 is 2.05 bits per heavy atom. The first-order valence-corrected chi connectivity index (χ1v) is 6.92. The van der Waals surface area contributed by atoms with E-state index in [1.807, 2.05) is 0 Å². The van der Waals surface area contributed by atoms with Crippen LogP contribution in [0.1, 0.15) is 17.3 Å². The van der Waals surface area contributed by atoms with Gasteiger partial charge in [-0.15, -0.1) is 0 Å². The van der Waals surface area contributed by atoms with Crippen LogP contribution in [-0.4, -0.2) is 48.6 Å². The number of aliphatic hydroxyl groups excluding tert-OH is 1. The maximum Gasteiger partial charge on any atom is 0.338 e. The van der Waals surface area contributed by atoms with Crippen LogP contribution in [0.5, 0.6) is 0 Å². The molecule has 0 bridgehead atoms. The predicted octanol–water partition coefficient (Wildman–Crippen LogP) is 0.527. The van der Waals surface area contributed by atoms with Gasteiger partial charge in [-0.2, -0.15) is 4.31 Å². The van der Waals surface area contributed by atoms with Crippen LogP contribution in [0.2, 0.25) is 0 Å². The molecule has 0 aliphatic carbocycles. The molecule has 0 atom stereocenters. The van der Waals surface area contributed by atoms with Gasteiger partial charge < -0.3 is 10.2 Å². The standard InChI is InChI=1S/C11H14FNO5S/c1-2-13(5-6-14)19(17,18)8-3-4-10(12)9(7-8)11(15)16/h3-4,7,14H,2,5-6H2,1H3,(H,15,16). The fourth-order valence-corrected chi connectivity index (χ4v) is 3.00. The molecule has 0 saturated carbocycles. The number of nitrogens with zero attached hydrogens (tertiary/aromatic N) is 1. The maximum atomic E-state index is 13.2. The van der Waals surface area contributed by atoms with Gasteiger partial charge in [0.2, 0.25) is 10.0 Å². The number of halogens is 1. The van der Waals surface area contributed by atoms with E-state index in [0.29, 0.717) is 0 Å². The van der Waals surface area contributed by atoms with E-state index in [2.05, 4.69) is 0 Å². The lowest BCUT2D eigenvalue weighted by Gasteiger charge is -2.19. The summed E-state index contributed by atoms with van der Waals surface area (Å²) in [7, 11) is -3.94. The molecule has 0 amide bonds. The topological polar surface area (TPSA) is 94.9 Å². The van der Waals surface area contributed by atoms with Crippen molar-refractivity contribution in [2.45, 2.75) is 11.8 Å². The van der Waals surface area contributed by atoms with E-state index in [0.717, 1.165) is 22.5 Å². The van der Waals surface area contributed by atoms with Crippen LogP contribution in [0.25, 0.3) is 0 Å². The third-order valence-electron chi connectivity index (χ3n) is 2.51. The number of aliphatic hydroxyl groups is 1. The molecule has 0 unspecified atom stereocenters. The lowest BCUT2D eigenvalue weighted by atomic mass is 10.2. The van der Waals surface area contributed by atoms with E-state index < -0.39 is 27.4 Å². The smallest absolute Gasteiger partial charge is 0.338 e. The second-order valence-corrected chi connectivity index (χ2v) is 5.61. The highest BCUT2D eigenvalue weighted by Gasteiger charge is 2.24. The molecule has 6 nitrogen and oxygen atoms in total. The highest BCUT2D eigenvalue weighted by Crippen LogP contribution is 2.19. The Labute approximate surface area is 110 Å². The first-order chi connectivity index (χ1) is 8.84. The van der Waals surface area contributed by atoms with Crippen molar-refractivity contribution in [3.05, 3.63) is 29.6 Å². The Morgan fingerprint density at radius 3 is 2.53 bits per heavy atom. The molecular formula is C11H14FNO5S. The highest BCUT2D eigenvalue weighted by atomic mass is 32.2. The summed E-state index contributed by atoms with van der Waals surface area (Å²) in [4.78, 5) is 10.5. The van der Waals surface area contributed by atoms with Crippen LogP contribution < -0.4 is 0 Å². The normalized spacial score (nSPS) is 11.8. The molecule has 8 heteroatoms. The molecule has 1 aromatic rings. The van der Waals surface area contributed by atoms with E-state index in [9.17, 15) is 17.6 Å². The first kappa shape index (κ1) is 15.5. The molecule has 0 radical (unpaired) electrons. The molecule has 106 valence electrons. The average Bonchev–Trinajstić information content (AvgIpc) is 2.35. The van der Waals surface area contributed by atoms with Gasteiger partial charge in [0, 0.05) is 13.1 Å². The first-order valence-electron chi connectivity index (χ1n) is 5.48. The van der Waals surface area contributed by atoms with Crippen LogP contribution in [-0.2, 0) is 10.0 Å². The Balaban J connectivity index is 3.29. The number of likely N-dealkylation sites (N-methyl/N-ethyl adjacent to an activating group) is 1. The van der Waals surface area contributed by atoms with Crippen molar-refractivity contribution >= 4 is 16.0 Å². The van der Waals surface area contributed by atoms with E-state index in [1.54, 1.807) is 6.92 Å². The van der Waals surface area contributed by atoms with E-state index in [4.69, 9.17) is 10.2 Å². The third kappa shape index (κ3) is 3.28. The summed E-state index contributed by atoms with van der Waals surface area (Å²) in [6.07, 6.45) is 0. The van der Waals surface area contributed by atoms with Gasteiger partial charge in [-0.25, -0.2) is 17.6 Å². The van der Waals surface area contributed by atoms with Gasteiger partial charge >= 0.3 is 5.97 Å². The van der Waals surface area contributed by atoms with Gasteiger partial charge in [0.25, 0.3) is 0 Å². The molecule has 1 aromatic carbocycles. The third-order valence-corrected chi connectivity index (χ3v) is 4.48. The molecule has 19 heavy (non-hydrogen) atoms. The number of aromatic carboxylic acids is 1. The summed E-state index contributed by atoms with van der Waals surface area (Å²) < 4.78 is 38.5. The zero-order valence-corrected chi connectivity index (χ0v) is 11.0. The summed E-state index contributed by atoms with van der Waals surface area (Å²) in [6, 6.07) is 2.56. The molecule has 0 aromatic heterocycles. The number of carbonyl (C=O) groups is 1. The monoisotopic (exact) mass is 291 g/mol. The summed E-state index contributed by atoms with van der Waals surface area (Å²) >= 11 is 0. The molecule has 0 spiro atoms. The molecule has 0 saturated heterocycles. The van der Waals surface area contributed by atoms with Crippen molar-refractivity contribution < 1.29 is 27.8 Å². The second kappa shape index (κ2) is 6.09. The Hall–Kier alpha value is -1.51. The summed E-state index contributed by atoms with van der Waals surface area (Å²) in [6.45, 7) is 1.22. The van der Waals surface area contributed by atoms with Crippen molar-refractivity contribution in [1.29, 1.82) is 0 Å². The summed E-state index contributed by atoms with van der Waals surface area (Å²) in [5.74, 6) is -2.54. The number of carboxylic acids is 1. The zero-order valence-electron chi connectivity index (χ0n) is 10.2. The fraction of sp³-hybridized carbons (Fsp3) is 0.364. The van der Waals surface area contributed by atoms with Gasteiger partial charge in [-0.05, 0) is 18.2 Å². The van der Waals surface area contributed by atoms with E-state index >= 15 is 0 Å². The average molecular weight is 291 g/mol. The molecule has 0 aliphatic heterocycles. The summed E-state index contributed by atoms with van der Waals surface area (Å²) in [5.41, 5.74) is -0.707. The van der Waals surface area contributed by atoms with Crippen LogP contribution in [0.15, 0.2) is 23.1 Å². The van der Waals surface area contributed by atoms with Crippen LogP contribution in [0.3, 0.4) is 0 Å². The van der Waals surface area contributed by atoms with Crippen molar-refractivity contribution in [2.24, 2.45) is 0 Å². The lowest BCUT2D eigenvalue weighted by Crippen LogP contribution is -2.33. The predicted molar refractivity (Wildman–Crippen MR) is 64.9 cm³/mol. The SMILES string of the molecule is CCN(CCO)S(=O)(=O)c1ccc(F)c(C(=O)O)c1. The summed E-state index contributed by atoms with van der Waals surface area (Å²) in [5, 5.41) is 17.6. The van der Waals surface area contributed by atoms with Crippen molar-refractivity contribution in [3.8, 4) is 0 Å². The zero-order chi connectivity index (χ0) is 14.6. The Morgan fingerprint density at radius 1 is 1.42 bits per heavy atom. The number of hydrogen-bond acceptors (Lipinski definition) is 4. The van der Waals surface area contributed by atoms with Gasteiger partial charge in [0.1, 0.15) is 5.82 Å². The van der Waals surface area contributed by atoms with Crippen LogP contribution in [0, 0.1) is 5.82 Å². The maximum absolute atomic E-state index is 13.2. The van der Waals surface area contributed by atoms with Gasteiger partial charge in [-0.1, -0.05) is 6.92 Å². The quantitative estimate of drug-likeness (QED) is 0.797. The number of benzene rings is 1. The Kier molecular flexibility index (Phi) is 4.98. The molecule has 0 aliphatic rings. The van der Waals surface area contributed by atoms with Crippen molar-refractivity contribution in [3.63, 3.8) is 0 Å². The number of carboxylic acid groups (broad SMARTS) is 1. The minimum Gasteiger partial charge on any atom is -0.478 e. The second-order valence-electron chi connectivity index (χ2n) is 3.67. The molecule has 1 rings (SSSR count). The number of rotatable bonds is 6. The Bertz CT molecular complexity index is 572. The molecule has 0 heterocycles. The van der Waals surface area contributed by atoms with Gasteiger partial charge in [0.05, 0.1) is 17.1 Å². The number of hydrogen-bond donors (Lipinski definition) is 2. The molecular weight excluding hydrogens is 277 g/mol. The number of sulfonamides is 1. The van der Waals surface area contributed by atoms with Gasteiger partial charge in [-0.3, -0.25) is 0 Å². The van der Waals surface area contributed by atoms with Crippen molar-refractivity contribution in [1.82, 2.24) is 4.31 Å². The highest BCUT2D eigenvalue weighted by molar-refractivity contribution is 7.89. The molecule has 0 fully saturated rings. The van der Waals surface area contributed by atoms with E-state index in [1.165, 1.54) is 0 Å². The largest absolute Gasteiger partial charge is 0.478 e. The molecule has 2 N–H and O–H groups in total. The van der Waals surface area contributed by atoms with E-state index in [-0.39, 0.29) is 24.6 Å². The van der Waals surface area contributed by atoms with Gasteiger partial charge in [0.15, 0.2) is 0 Å².